The topological polar surface area (TPSA) is 38.7 Å². The van der Waals surface area contributed by atoms with Crippen LogP contribution in [0.25, 0.3) is 78.1 Å². The van der Waals surface area contributed by atoms with Crippen molar-refractivity contribution in [3.05, 3.63) is 212 Å². The van der Waals surface area contributed by atoms with Crippen molar-refractivity contribution in [1.82, 2.24) is 15.0 Å². The van der Waals surface area contributed by atoms with Crippen LogP contribution in [0.1, 0.15) is 11.1 Å². The number of hydrogen-bond donors (Lipinski definition) is 0. The maximum absolute atomic E-state index is 5.28. The molecule has 0 fully saturated rings. The summed E-state index contributed by atoms with van der Waals surface area (Å²) in [5.74, 6) is 0. The van der Waals surface area contributed by atoms with Gasteiger partial charge >= 0.3 is 0 Å². The Labute approximate surface area is 336 Å². The molecule has 1 radical (unpaired) electrons. The molecule has 0 amide bonds. The monoisotopic (exact) mass is 884 g/mol. The van der Waals surface area contributed by atoms with E-state index in [4.69, 9.17) is 4.98 Å². The van der Waals surface area contributed by atoms with Crippen LogP contribution in [0, 0.1) is 26.0 Å². The molecule has 267 valence electrons. The predicted molar refractivity (Wildman–Crippen MR) is 224 cm³/mol. The van der Waals surface area contributed by atoms with Crippen LogP contribution >= 0.6 is 0 Å². The second-order valence-electron chi connectivity index (χ2n) is 13.2. The number of nitrogens with zero attached hydrogens (tertiary/aromatic N) is 3. The van der Waals surface area contributed by atoms with E-state index >= 15 is 0 Å². The number of rotatable bonds is 6. The first-order valence-electron chi connectivity index (χ1n) is 18.1. The molecule has 0 aliphatic carbocycles. The Morgan fingerprint density at radius 2 is 1.13 bits per heavy atom. The second-order valence-corrected chi connectivity index (χ2v) is 13.2. The van der Waals surface area contributed by atoms with Crippen molar-refractivity contribution in [3.8, 4) is 67.2 Å². The molecule has 4 heteroatoms. The predicted octanol–water partition coefficient (Wildman–Crippen LogP) is 12.9. The van der Waals surface area contributed by atoms with Crippen molar-refractivity contribution >= 4 is 10.9 Å². The van der Waals surface area contributed by atoms with E-state index in [1.165, 1.54) is 33.4 Å². The molecule has 0 saturated heterocycles. The van der Waals surface area contributed by atoms with Gasteiger partial charge < -0.3 is 9.97 Å². The third-order valence-electron chi connectivity index (χ3n) is 9.51. The van der Waals surface area contributed by atoms with E-state index in [2.05, 4.69) is 151 Å². The number of pyridine rings is 3. The zero-order valence-electron chi connectivity index (χ0n) is 30.6. The van der Waals surface area contributed by atoms with Crippen molar-refractivity contribution in [2.75, 3.05) is 0 Å². The fourth-order valence-corrected chi connectivity index (χ4v) is 6.73. The summed E-state index contributed by atoms with van der Waals surface area (Å²) in [4.78, 5) is 14.1. The Bertz CT molecular complexity index is 2660. The maximum Gasteiger partial charge on any atom is 0.0778 e. The molecule has 0 saturated carbocycles. The molecule has 6 aromatic carbocycles. The molecular weight excluding hydrogens is 847 g/mol. The largest absolute Gasteiger partial charge is 0.305 e. The van der Waals surface area contributed by atoms with Gasteiger partial charge in [0.1, 0.15) is 0 Å². The summed E-state index contributed by atoms with van der Waals surface area (Å²) in [5, 5.41) is 1.12. The van der Waals surface area contributed by atoms with Gasteiger partial charge in [-0.1, -0.05) is 120 Å². The molecule has 0 N–H and O–H groups in total. The van der Waals surface area contributed by atoms with Crippen molar-refractivity contribution in [3.63, 3.8) is 0 Å². The van der Waals surface area contributed by atoms with E-state index < -0.39 is 0 Å². The molecule has 9 aromatic rings. The van der Waals surface area contributed by atoms with E-state index in [9.17, 15) is 0 Å². The molecule has 3 nitrogen and oxygen atoms in total. The molecule has 0 unspecified atom stereocenters. The zero-order chi connectivity index (χ0) is 36.7. The van der Waals surface area contributed by atoms with Gasteiger partial charge in [-0.3, -0.25) is 0 Å². The molecule has 55 heavy (non-hydrogen) atoms. The average molecular weight is 884 g/mol. The van der Waals surface area contributed by atoms with Crippen LogP contribution in [-0.2, 0) is 20.1 Å². The van der Waals surface area contributed by atoms with Crippen LogP contribution in [0.15, 0.2) is 188 Å². The smallest absolute Gasteiger partial charge is 0.0778 e. The molecular formula is C51H37IrN3-2. The van der Waals surface area contributed by atoms with Crippen molar-refractivity contribution in [2.24, 2.45) is 0 Å². The Morgan fingerprint density at radius 1 is 0.418 bits per heavy atom. The van der Waals surface area contributed by atoms with Gasteiger partial charge in [-0.2, -0.15) is 0 Å². The van der Waals surface area contributed by atoms with Gasteiger partial charge in [0.2, 0.25) is 0 Å². The van der Waals surface area contributed by atoms with E-state index in [0.29, 0.717) is 0 Å². The molecule has 0 spiro atoms. The summed E-state index contributed by atoms with van der Waals surface area (Å²) >= 11 is 0. The van der Waals surface area contributed by atoms with E-state index in [1.54, 1.807) is 0 Å². The molecule has 9 rings (SSSR count). The van der Waals surface area contributed by atoms with Crippen molar-refractivity contribution < 1.29 is 20.1 Å². The van der Waals surface area contributed by atoms with E-state index in [0.717, 1.165) is 55.8 Å². The first-order valence-corrected chi connectivity index (χ1v) is 18.1. The van der Waals surface area contributed by atoms with E-state index in [-0.39, 0.29) is 20.1 Å². The minimum Gasteiger partial charge on any atom is -0.305 e. The van der Waals surface area contributed by atoms with Crippen LogP contribution in [-0.4, -0.2) is 15.0 Å². The third kappa shape index (κ3) is 8.42. The zero-order valence-corrected chi connectivity index (χ0v) is 33.0. The number of hydrogen-bond acceptors (Lipinski definition) is 3. The number of aryl methyl sites for hydroxylation is 2. The average Bonchev–Trinajstić information content (AvgIpc) is 3.25. The van der Waals surface area contributed by atoms with Gasteiger partial charge in [0.05, 0.1) is 11.2 Å². The molecule has 0 bridgehead atoms. The molecule has 3 aromatic heterocycles. The van der Waals surface area contributed by atoms with Gasteiger partial charge in [-0.05, 0) is 82.9 Å². The molecule has 0 atom stereocenters. The number of aromatic nitrogens is 3. The maximum atomic E-state index is 5.28. The summed E-state index contributed by atoms with van der Waals surface area (Å²) in [6.45, 7) is 4.24. The van der Waals surface area contributed by atoms with Crippen molar-refractivity contribution in [2.45, 2.75) is 13.8 Å². The van der Waals surface area contributed by atoms with Crippen LogP contribution in [0.5, 0.6) is 0 Å². The van der Waals surface area contributed by atoms with Crippen LogP contribution in [0.3, 0.4) is 0 Å². The summed E-state index contributed by atoms with van der Waals surface area (Å²) in [7, 11) is 0. The van der Waals surface area contributed by atoms with Gasteiger partial charge in [0, 0.05) is 43.4 Å². The van der Waals surface area contributed by atoms with E-state index in [1.807, 2.05) is 73.1 Å². The normalized spacial score (nSPS) is 10.6. The Hall–Kier alpha value is -6.32. The molecule has 0 aliphatic rings. The summed E-state index contributed by atoms with van der Waals surface area (Å²) in [6, 6.07) is 67.2. The first kappa shape index (κ1) is 37.0. The van der Waals surface area contributed by atoms with Crippen LogP contribution < -0.4 is 0 Å². The first-order chi connectivity index (χ1) is 26.6. The SMILES string of the molecule is Cc1ccc(-c2ccc(-c3cc[c-]c(-c4ccccn4)c3)c3nc(-c4ccccc4)ccc23)cc1-c1ccccc1.Cc1ccnc(-c2[c-]cccc2)c1.[Ir]. The fraction of sp³-hybridized carbons (Fsp3) is 0.0392. The summed E-state index contributed by atoms with van der Waals surface area (Å²) in [5.41, 5.74) is 16.4. The molecule has 0 aliphatic heterocycles. The summed E-state index contributed by atoms with van der Waals surface area (Å²) < 4.78 is 0. The summed E-state index contributed by atoms with van der Waals surface area (Å²) in [6.07, 6.45) is 3.64. The quantitative estimate of drug-likeness (QED) is 0.156. The standard InChI is InChI=1S/C39H27N2.C12H10N.Ir/c1-27-18-19-31(26-36(27)28-11-4-2-5-12-28)33-20-21-34(30-15-10-16-32(25-30)37-17-8-9-24-40-37)39-35(33)22-23-38(41-39)29-13-6-3-7-14-29;1-10-7-8-13-12(9-10)11-5-3-2-4-6-11;/h2-15,17-26H,1H3;2-5,7-9H,1H3;/q2*-1;. The Balaban J connectivity index is 0.000000281. The van der Waals surface area contributed by atoms with Crippen LogP contribution in [0.2, 0.25) is 0 Å². The van der Waals surface area contributed by atoms with Crippen molar-refractivity contribution in [1.29, 1.82) is 0 Å². The van der Waals surface area contributed by atoms with Gasteiger partial charge in [0.15, 0.2) is 0 Å². The Kier molecular flexibility index (Phi) is 11.6. The number of fused-ring (bicyclic) bond motifs is 1. The van der Waals surface area contributed by atoms with Gasteiger partial charge in [-0.25, -0.2) is 4.98 Å². The minimum absolute atomic E-state index is 0. The number of benzene rings is 6. The van der Waals surface area contributed by atoms with Gasteiger partial charge in [-0.15, -0.1) is 65.7 Å². The molecule has 3 heterocycles. The van der Waals surface area contributed by atoms with Gasteiger partial charge in [0.25, 0.3) is 0 Å². The second kappa shape index (κ2) is 17.2. The fourth-order valence-electron chi connectivity index (χ4n) is 6.73. The minimum atomic E-state index is 0. The third-order valence-corrected chi connectivity index (χ3v) is 9.51. The van der Waals surface area contributed by atoms with Crippen LogP contribution in [0.4, 0.5) is 0 Å². The Morgan fingerprint density at radius 3 is 1.87 bits per heavy atom.